The lowest BCUT2D eigenvalue weighted by Gasteiger charge is -2.15. The quantitative estimate of drug-likeness (QED) is 0.717. The third-order valence-corrected chi connectivity index (χ3v) is 4.78. The molecule has 0 aliphatic carbocycles. The number of carbonyl (C=O) groups excluding carboxylic acids is 1. The Bertz CT molecular complexity index is 843. The van der Waals surface area contributed by atoms with E-state index in [0.717, 1.165) is 11.4 Å². The molecule has 8 heteroatoms. The van der Waals surface area contributed by atoms with Gasteiger partial charge < -0.3 is 14.4 Å². The van der Waals surface area contributed by atoms with Crippen LogP contribution in [0, 0.1) is 13.8 Å². The fraction of sp³-hybridized carbons (Fsp3) is 0.250. The van der Waals surface area contributed by atoms with Gasteiger partial charge in [0.25, 0.3) is 0 Å². The molecule has 2 aromatic heterocycles. The third-order valence-electron chi connectivity index (χ3n) is 3.50. The zero-order chi connectivity index (χ0) is 17.1. The number of thioether (sulfide) groups is 1. The van der Waals surface area contributed by atoms with Crippen LogP contribution in [0.5, 0.6) is 0 Å². The third kappa shape index (κ3) is 3.48. The lowest BCUT2D eigenvalue weighted by Crippen LogP contribution is -2.19. The summed E-state index contributed by atoms with van der Waals surface area (Å²) < 4.78 is 6.85. The van der Waals surface area contributed by atoms with Crippen molar-refractivity contribution in [3.63, 3.8) is 0 Å². The van der Waals surface area contributed by atoms with E-state index >= 15 is 0 Å². The molecule has 124 valence electrons. The van der Waals surface area contributed by atoms with Crippen molar-refractivity contribution < 1.29 is 9.32 Å². The number of amides is 1. The van der Waals surface area contributed by atoms with Gasteiger partial charge >= 0.3 is 0 Å². The van der Waals surface area contributed by atoms with Gasteiger partial charge in [0, 0.05) is 13.1 Å². The SMILES string of the molecule is Cc1cc(NC(=O)[C@@H](Sc2nnc(C)n2C)c2ccccc2)no1. The zero-order valence-corrected chi connectivity index (χ0v) is 14.4. The molecule has 1 aromatic carbocycles. The molecule has 0 bridgehead atoms. The number of rotatable bonds is 5. The van der Waals surface area contributed by atoms with Gasteiger partial charge in [0.15, 0.2) is 11.0 Å². The van der Waals surface area contributed by atoms with Gasteiger partial charge in [-0.3, -0.25) is 4.79 Å². The maximum Gasteiger partial charge on any atom is 0.243 e. The van der Waals surface area contributed by atoms with Gasteiger partial charge in [-0.25, -0.2) is 0 Å². The minimum absolute atomic E-state index is 0.194. The van der Waals surface area contributed by atoms with Gasteiger partial charge in [-0.05, 0) is 19.4 Å². The molecule has 24 heavy (non-hydrogen) atoms. The molecule has 0 unspecified atom stereocenters. The molecule has 0 radical (unpaired) electrons. The van der Waals surface area contributed by atoms with Crippen molar-refractivity contribution in [3.05, 3.63) is 53.5 Å². The molecular weight excluding hydrogens is 326 g/mol. The summed E-state index contributed by atoms with van der Waals surface area (Å²) in [6.07, 6.45) is 0. The summed E-state index contributed by atoms with van der Waals surface area (Å²) in [5.41, 5.74) is 0.876. The predicted octanol–water partition coefficient (Wildman–Crippen LogP) is 2.89. The summed E-state index contributed by atoms with van der Waals surface area (Å²) in [4.78, 5) is 12.8. The monoisotopic (exact) mass is 343 g/mol. The minimum atomic E-state index is -0.481. The molecule has 3 aromatic rings. The fourth-order valence-corrected chi connectivity index (χ4v) is 3.16. The number of nitrogens with zero attached hydrogens (tertiary/aromatic N) is 4. The van der Waals surface area contributed by atoms with E-state index in [1.54, 1.807) is 13.0 Å². The molecule has 7 nitrogen and oxygen atoms in total. The number of benzene rings is 1. The first-order chi connectivity index (χ1) is 11.5. The molecule has 0 saturated heterocycles. The molecule has 2 heterocycles. The van der Waals surface area contributed by atoms with Crippen LogP contribution in [0.2, 0.25) is 0 Å². The largest absolute Gasteiger partial charge is 0.360 e. The average Bonchev–Trinajstić information content (AvgIpc) is 3.12. The number of carbonyl (C=O) groups is 1. The highest BCUT2D eigenvalue weighted by Gasteiger charge is 2.25. The zero-order valence-electron chi connectivity index (χ0n) is 13.6. The molecule has 1 atom stereocenters. The van der Waals surface area contributed by atoms with E-state index in [9.17, 15) is 4.79 Å². The Kier molecular flexibility index (Phi) is 4.66. The first kappa shape index (κ1) is 16.3. The van der Waals surface area contributed by atoms with E-state index in [1.165, 1.54) is 11.8 Å². The topological polar surface area (TPSA) is 85.8 Å². The summed E-state index contributed by atoms with van der Waals surface area (Å²) in [5, 5.41) is 15.0. The molecule has 0 aliphatic heterocycles. The Hall–Kier alpha value is -2.61. The second-order valence-electron chi connectivity index (χ2n) is 5.31. The Morgan fingerprint density at radius 2 is 2.00 bits per heavy atom. The number of nitrogens with one attached hydrogen (secondary N) is 1. The lowest BCUT2D eigenvalue weighted by atomic mass is 10.1. The lowest BCUT2D eigenvalue weighted by molar-refractivity contribution is -0.115. The summed E-state index contributed by atoms with van der Waals surface area (Å²) in [5.74, 6) is 1.63. The van der Waals surface area contributed by atoms with E-state index in [0.29, 0.717) is 16.7 Å². The first-order valence-electron chi connectivity index (χ1n) is 7.36. The standard InChI is InChI=1S/C16H17N5O2S/c1-10-9-13(20-23-10)17-15(22)14(12-7-5-4-6-8-12)24-16-19-18-11(2)21(16)3/h4-9,14H,1-3H3,(H,17,20,22)/t14-/m0/s1. The number of anilines is 1. The van der Waals surface area contributed by atoms with E-state index < -0.39 is 5.25 Å². The molecular formula is C16H17N5O2S. The molecule has 0 spiro atoms. The van der Waals surface area contributed by atoms with Gasteiger partial charge in [-0.2, -0.15) is 0 Å². The highest BCUT2D eigenvalue weighted by atomic mass is 32.2. The summed E-state index contributed by atoms with van der Waals surface area (Å²) in [7, 11) is 1.87. The average molecular weight is 343 g/mol. The van der Waals surface area contributed by atoms with Crippen LogP contribution < -0.4 is 5.32 Å². The van der Waals surface area contributed by atoms with Crippen molar-refractivity contribution in [1.29, 1.82) is 0 Å². The van der Waals surface area contributed by atoms with Crippen LogP contribution >= 0.6 is 11.8 Å². The molecule has 1 amide bonds. The smallest absolute Gasteiger partial charge is 0.243 e. The van der Waals surface area contributed by atoms with Gasteiger partial charge in [-0.15, -0.1) is 10.2 Å². The fourth-order valence-electron chi connectivity index (χ4n) is 2.11. The van der Waals surface area contributed by atoms with Crippen molar-refractivity contribution >= 4 is 23.5 Å². The van der Waals surface area contributed by atoms with E-state index in [1.807, 2.05) is 48.9 Å². The van der Waals surface area contributed by atoms with Crippen LogP contribution in [-0.2, 0) is 11.8 Å². The predicted molar refractivity (Wildman–Crippen MR) is 90.6 cm³/mol. The van der Waals surface area contributed by atoms with Crippen LogP contribution in [0.3, 0.4) is 0 Å². The van der Waals surface area contributed by atoms with Crippen molar-refractivity contribution in [2.75, 3.05) is 5.32 Å². The highest BCUT2D eigenvalue weighted by molar-refractivity contribution is 8.00. The maximum atomic E-state index is 12.8. The normalized spacial score (nSPS) is 12.1. The molecule has 1 N–H and O–H groups in total. The maximum absolute atomic E-state index is 12.8. The molecule has 0 saturated carbocycles. The van der Waals surface area contributed by atoms with E-state index in [2.05, 4.69) is 20.7 Å². The van der Waals surface area contributed by atoms with E-state index in [4.69, 9.17) is 4.52 Å². The summed E-state index contributed by atoms with van der Waals surface area (Å²) in [6.45, 7) is 3.64. The highest BCUT2D eigenvalue weighted by Crippen LogP contribution is 2.35. The summed E-state index contributed by atoms with van der Waals surface area (Å²) in [6, 6.07) is 11.2. The van der Waals surface area contributed by atoms with Crippen molar-refractivity contribution in [3.8, 4) is 0 Å². The number of aryl methyl sites for hydroxylation is 2. The molecule has 0 fully saturated rings. The van der Waals surface area contributed by atoms with Crippen LogP contribution in [0.25, 0.3) is 0 Å². The molecule has 3 rings (SSSR count). The second-order valence-corrected chi connectivity index (χ2v) is 6.38. The Balaban J connectivity index is 1.87. The van der Waals surface area contributed by atoms with Crippen LogP contribution in [0.4, 0.5) is 5.82 Å². The van der Waals surface area contributed by atoms with Crippen LogP contribution in [-0.4, -0.2) is 25.8 Å². The van der Waals surface area contributed by atoms with Crippen molar-refractivity contribution in [2.24, 2.45) is 7.05 Å². The van der Waals surface area contributed by atoms with Crippen LogP contribution in [0.1, 0.15) is 22.4 Å². The van der Waals surface area contributed by atoms with Gasteiger partial charge in [0.05, 0.1) is 0 Å². The van der Waals surface area contributed by atoms with Gasteiger partial charge in [0.1, 0.15) is 16.8 Å². The van der Waals surface area contributed by atoms with E-state index in [-0.39, 0.29) is 5.91 Å². The van der Waals surface area contributed by atoms with Crippen molar-refractivity contribution in [1.82, 2.24) is 19.9 Å². The Morgan fingerprint density at radius 3 is 2.58 bits per heavy atom. The van der Waals surface area contributed by atoms with Crippen molar-refractivity contribution in [2.45, 2.75) is 24.3 Å². The van der Waals surface area contributed by atoms with Crippen LogP contribution in [0.15, 0.2) is 46.1 Å². The number of aromatic nitrogens is 4. The van der Waals surface area contributed by atoms with Gasteiger partial charge in [0.2, 0.25) is 5.91 Å². The van der Waals surface area contributed by atoms with Gasteiger partial charge in [-0.1, -0.05) is 47.3 Å². The minimum Gasteiger partial charge on any atom is -0.360 e. The number of hydrogen-bond acceptors (Lipinski definition) is 6. The number of hydrogen-bond donors (Lipinski definition) is 1. The Morgan fingerprint density at radius 1 is 1.25 bits per heavy atom. The first-order valence-corrected chi connectivity index (χ1v) is 8.24. The molecule has 0 aliphatic rings. The second kappa shape index (κ2) is 6.88. The Labute approximate surface area is 143 Å². The summed E-state index contributed by atoms with van der Waals surface area (Å²) >= 11 is 1.34.